The molecule has 1 heterocycles. The van der Waals surface area contributed by atoms with E-state index >= 15 is 0 Å². The number of aromatic carboxylic acids is 1. The van der Waals surface area contributed by atoms with E-state index in [1.165, 1.54) is 43.9 Å². The van der Waals surface area contributed by atoms with Crippen LogP contribution < -0.4 is 10.5 Å². The number of rotatable bonds is 5. The monoisotopic (exact) mass is 288 g/mol. The Hall–Kier alpha value is -3.16. The van der Waals surface area contributed by atoms with Crippen molar-refractivity contribution in [3.05, 3.63) is 41.7 Å². The third kappa shape index (κ3) is 3.44. The van der Waals surface area contributed by atoms with Gasteiger partial charge in [-0.25, -0.2) is 14.8 Å². The average molecular weight is 288 g/mol. The molecule has 0 saturated carbocycles. The van der Waals surface area contributed by atoms with Crippen molar-refractivity contribution in [2.75, 3.05) is 12.8 Å². The molecule has 0 aliphatic carbocycles. The van der Waals surface area contributed by atoms with Gasteiger partial charge in [-0.15, -0.1) is 0 Å². The van der Waals surface area contributed by atoms with Crippen LogP contribution >= 0.6 is 0 Å². The Balaban J connectivity index is 2.28. The van der Waals surface area contributed by atoms with Crippen LogP contribution in [0.25, 0.3) is 0 Å². The van der Waals surface area contributed by atoms with E-state index in [1.807, 2.05) is 0 Å². The predicted octanol–water partition coefficient (Wildman–Crippen LogP) is 1.53. The van der Waals surface area contributed by atoms with E-state index in [9.17, 15) is 4.79 Å². The molecule has 8 heteroatoms. The predicted molar refractivity (Wildman–Crippen MR) is 74.5 cm³/mol. The first kappa shape index (κ1) is 14.3. The second-order valence-electron chi connectivity index (χ2n) is 3.83. The van der Waals surface area contributed by atoms with Crippen molar-refractivity contribution in [1.82, 2.24) is 9.97 Å². The molecule has 0 aliphatic heterocycles. The number of carbonyl (C=O) groups is 1. The topological polar surface area (TPSA) is 120 Å². The molecule has 0 atom stereocenters. The maximum atomic E-state index is 10.8. The average Bonchev–Trinajstić information content (AvgIpc) is 2.47. The Bertz CT molecular complexity index is 670. The van der Waals surface area contributed by atoms with E-state index < -0.39 is 5.97 Å². The number of benzene rings is 1. The molecule has 1 aromatic carbocycles. The highest BCUT2D eigenvalue weighted by Crippen LogP contribution is 2.24. The van der Waals surface area contributed by atoms with E-state index in [4.69, 9.17) is 15.6 Å². The normalized spacial score (nSPS) is 10.5. The molecule has 0 saturated heterocycles. The van der Waals surface area contributed by atoms with Gasteiger partial charge in [0.15, 0.2) is 0 Å². The lowest BCUT2D eigenvalue weighted by Crippen LogP contribution is -2.02. The number of anilines is 1. The fourth-order valence-electron chi connectivity index (χ4n) is 1.48. The van der Waals surface area contributed by atoms with Crippen LogP contribution in [0.5, 0.6) is 11.6 Å². The van der Waals surface area contributed by atoms with Gasteiger partial charge in [0.1, 0.15) is 30.6 Å². The minimum Gasteiger partial charge on any atom is -0.478 e. The Kier molecular flexibility index (Phi) is 4.30. The van der Waals surface area contributed by atoms with Gasteiger partial charge in [0.05, 0.1) is 11.8 Å². The lowest BCUT2D eigenvalue weighted by atomic mass is 10.2. The summed E-state index contributed by atoms with van der Waals surface area (Å²) in [6, 6.07) is 5.87. The third-order valence-electron chi connectivity index (χ3n) is 2.48. The molecule has 0 radical (unpaired) electrons. The summed E-state index contributed by atoms with van der Waals surface area (Å²) in [5.74, 6) is -0.236. The minimum absolute atomic E-state index is 0.158. The molecule has 0 bridgehead atoms. The molecule has 2 rings (SSSR count). The molecule has 0 fully saturated rings. The van der Waals surface area contributed by atoms with E-state index in [-0.39, 0.29) is 17.3 Å². The number of nitrogens with zero attached hydrogens (tertiary/aromatic N) is 3. The number of carboxylic acids is 1. The summed E-state index contributed by atoms with van der Waals surface area (Å²) in [6.45, 7) is 0. The molecule has 0 unspecified atom stereocenters. The minimum atomic E-state index is -1.01. The lowest BCUT2D eigenvalue weighted by molar-refractivity contribution is 0.0697. The molecule has 3 N–H and O–H groups in total. The fraction of sp³-hybridized carbons (Fsp3) is 0.0769. The highest BCUT2D eigenvalue weighted by atomic mass is 16.6. The number of nitrogens with two attached hydrogens (primary N) is 1. The number of aromatic nitrogens is 2. The molecule has 2 aromatic rings. The molecular formula is C13H12N4O4. The third-order valence-corrected chi connectivity index (χ3v) is 2.48. The number of hydrogen-bond donors (Lipinski definition) is 2. The smallest absolute Gasteiger partial charge is 0.335 e. The summed E-state index contributed by atoms with van der Waals surface area (Å²) in [5, 5.41) is 12.4. The molecular weight excluding hydrogens is 276 g/mol. The van der Waals surface area contributed by atoms with Gasteiger partial charge in [0, 0.05) is 0 Å². The van der Waals surface area contributed by atoms with Crippen LogP contribution in [0.4, 0.5) is 5.82 Å². The van der Waals surface area contributed by atoms with Crippen molar-refractivity contribution < 1.29 is 19.5 Å². The SMILES string of the molecule is CON=Cc1c(N)ncnc1Oc1ccc(C(=O)O)cc1. The van der Waals surface area contributed by atoms with Gasteiger partial charge in [-0.05, 0) is 24.3 Å². The number of carboxylic acid groups (broad SMARTS) is 1. The summed E-state index contributed by atoms with van der Waals surface area (Å²) >= 11 is 0. The van der Waals surface area contributed by atoms with Gasteiger partial charge >= 0.3 is 5.97 Å². The van der Waals surface area contributed by atoms with E-state index in [1.54, 1.807) is 0 Å². The molecule has 8 nitrogen and oxygen atoms in total. The summed E-state index contributed by atoms with van der Waals surface area (Å²) in [6.07, 6.45) is 2.58. The quantitative estimate of drug-likeness (QED) is 0.632. The standard InChI is InChI=1S/C13H12N4O4/c1-20-17-6-10-11(14)15-7-16-12(10)21-9-4-2-8(3-5-9)13(18)19/h2-7H,1H3,(H,18,19)(H2,14,15,16). The number of ether oxygens (including phenoxy) is 1. The van der Waals surface area contributed by atoms with Crippen LogP contribution in [-0.2, 0) is 4.84 Å². The molecule has 108 valence electrons. The van der Waals surface area contributed by atoms with Crippen molar-refractivity contribution in [2.45, 2.75) is 0 Å². The van der Waals surface area contributed by atoms with Crippen molar-refractivity contribution >= 4 is 18.0 Å². The Labute approximate surface area is 119 Å². The summed E-state index contributed by atoms with van der Waals surface area (Å²) in [5.41, 5.74) is 6.24. The van der Waals surface area contributed by atoms with Crippen molar-refractivity contribution in [3.63, 3.8) is 0 Å². The van der Waals surface area contributed by atoms with Gasteiger partial charge in [0.2, 0.25) is 5.88 Å². The first-order chi connectivity index (χ1) is 10.1. The zero-order valence-electron chi connectivity index (χ0n) is 11.1. The Morgan fingerprint density at radius 1 is 1.33 bits per heavy atom. The molecule has 0 amide bonds. The molecule has 0 aliphatic rings. The zero-order chi connectivity index (χ0) is 15.2. The van der Waals surface area contributed by atoms with Crippen LogP contribution in [0.1, 0.15) is 15.9 Å². The number of nitrogen functional groups attached to an aromatic ring is 1. The van der Waals surface area contributed by atoms with Crippen LogP contribution in [-0.4, -0.2) is 34.4 Å². The van der Waals surface area contributed by atoms with Gasteiger partial charge < -0.3 is 20.4 Å². The fourth-order valence-corrected chi connectivity index (χ4v) is 1.48. The Morgan fingerprint density at radius 2 is 2.05 bits per heavy atom. The highest BCUT2D eigenvalue weighted by molar-refractivity contribution is 5.88. The van der Waals surface area contributed by atoms with E-state index in [0.717, 1.165) is 0 Å². The second-order valence-corrected chi connectivity index (χ2v) is 3.83. The van der Waals surface area contributed by atoms with Crippen LogP contribution in [0.2, 0.25) is 0 Å². The van der Waals surface area contributed by atoms with Crippen LogP contribution in [0.15, 0.2) is 35.7 Å². The van der Waals surface area contributed by atoms with Crippen molar-refractivity contribution in [1.29, 1.82) is 0 Å². The maximum absolute atomic E-state index is 10.8. The van der Waals surface area contributed by atoms with Gasteiger partial charge in [-0.2, -0.15) is 0 Å². The highest BCUT2D eigenvalue weighted by Gasteiger charge is 2.10. The molecule has 21 heavy (non-hydrogen) atoms. The van der Waals surface area contributed by atoms with Gasteiger partial charge in [0.25, 0.3) is 0 Å². The first-order valence-electron chi connectivity index (χ1n) is 5.80. The van der Waals surface area contributed by atoms with Crippen LogP contribution in [0, 0.1) is 0 Å². The summed E-state index contributed by atoms with van der Waals surface area (Å²) in [7, 11) is 1.39. The van der Waals surface area contributed by atoms with E-state index in [0.29, 0.717) is 11.3 Å². The van der Waals surface area contributed by atoms with Crippen molar-refractivity contribution in [2.24, 2.45) is 5.16 Å². The maximum Gasteiger partial charge on any atom is 0.335 e. The largest absolute Gasteiger partial charge is 0.478 e. The summed E-state index contributed by atoms with van der Waals surface area (Å²) < 4.78 is 5.55. The summed E-state index contributed by atoms with van der Waals surface area (Å²) in [4.78, 5) is 23.2. The number of oxime groups is 1. The van der Waals surface area contributed by atoms with Gasteiger partial charge in [-0.1, -0.05) is 5.16 Å². The first-order valence-corrected chi connectivity index (χ1v) is 5.80. The Morgan fingerprint density at radius 3 is 2.67 bits per heavy atom. The zero-order valence-corrected chi connectivity index (χ0v) is 11.1. The number of hydrogen-bond acceptors (Lipinski definition) is 7. The van der Waals surface area contributed by atoms with Gasteiger partial charge in [-0.3, -0.25) is 0 Å². The lowest BCUT2D eigenvalue weighted by Gasteiger charge is -2.08. The molecule has 1 aromatic heterocycles. The van der Waals surface area contributed by atoms with Crippen molar-refractivity contribution in [3.8, 4) is 11.6 Å². The van der Waals surface area contributed by atoms with Crippen LogP contribution in [0.3, 0.4) is 0 Å². The molecule has 0 spiro atoms. The van der Waals surface area contributed by atoms with E-state index in [2.05, 4.69) is 20.0 Å². The second kappa shape index (κ2) is 6.33.